The number of nitrogens with zero attached hydrogens (tertiary/aromatic N) is 1. The molecule has 8 heteroatoms. The van der Waals surface area contributed by atoms with Gasteiger partial charge in [-0.05, 0) is 73.5 Å². The lowest BCUT2D eigenvalue weighted by molar-refractivity contribution is -0.127. The monoisotopic (exact) mass is 454 g/mol. The molecule has 1 aliphatic heterocycles. The van der Waals surface area contributed by atoms with E-state index in [1.54, 1.807) is 36.4 Å². The van der Waals surface area contributed by atoms with Gasteiger partial charge in [-0.3, -0.25) is 19.3 Å². The fraction of sp³-hybridized carbons (Fsp3) is 0.292. The zero-order valence-electron chi connectivity index (χ0n) is 18.3. The van der Waals surface area contributed by atoms with Gasteiger partial charge in [0.2, 0.25) is 5.91 Å². The van der Waals surface area contributed by atoms with Gasteiger partial charge in [-0.1, -0.05) is 25.1 Å². The van der Waals surface area contributed by atoms with Crippen molar-refractivity contribution in [1.29, 1.82) is 0 Å². The number of anilines is 1. The maximum absolute atomic E-state index is 12.8. The normalized spacial score (nSPS) is 14.7. The molecule has 0 saturated carbocycles. The molecule has 1 N–H and O–H groups in total. The first-order valence-electron chi connectivity index (χ1n) is 10.5. The summed E-state index contributed by atoms with van der Waals surface area (Å²) in [4.78, 5) is 38.7. The molecule has 3 amide bonds. The molecule has 0 radical (unpaired) electrons. The van der Waals surface area contributed by atoms with Gasteiger partial charge >= 0.3 is 0 Å². The number of carbonyl (C=O) groups is 3. The summed E-state index contributed by atoms with van der Waals surface area (Å²) in [6, 6.07) is 12.8. The minimum Gasteiger partial charge on any atom is -0.490 e. The van der Waals surface area contributed by atoms with Crippen molar-refractivity contribution in [1.82, 2.24) is 4.90 Å². The van der Waals surface area contributed by atoms with Crippen LogP contribution in [0.3, 0.4) is 0 Å². The Morgan fingerprint density at radius 2 is 1.69 bits per heavy atom. The first kappa shape index (κ1) is 23.4. The van der Waals surface area contributed by atoms with E-state index >= 15 is 0 Å². The lowest BCUT2D eigenvalue weighted by Crippen LogP contribution is -2.36. The molecule has 1 fully saturated rings. The summed E-state index contributed by atoms with van der Waals surface area (Å²) in [5.74, 6) is 0.250. The molecule has 2 aromatic rings. The quantitative estimate of drug-likeness (QED) is 0.552. The molecule has 0 atom stereocenters. The number of imide groups is 1. The number of amides is 3. The molecule has 3 rings (SSSR count). The highest BCUT2D eigenvalue weighted by molar-refractivity contribution is 8.18. The number of carbonyl (C=O) groups excluding carboxylic acids is 3. The Labute approximate surface area is 191 Å². The summed E-state index contributed by atoms with van der Waals surface area (Å²) in [5, 5.41) is 2.24. The van der Waals surface area contributed by atoms with E-state index in [1.807, 2.05) is 32.9 Å². The van der Waals surface area contributed by atoms with Crippen LogP contribution in [-0.2, 0) is 16.0 Å². The van der Waals surface area contributed by atoms with Crippen molar-refractivity contribution < 1.29 is 23.9 Å². The fourth-order valence-electron chi connectivity index (χ4n) is 3.11. The molecular formula is C24H26N2O5S. The van der Waals surface area contributed by atoms with E-state index in [0.29, 0.717) is 36.0 Å². The van der Waals surface area contributed by atoms with Crippen LogP contribution in [0.15, 0.2) is 47.4 Å². The zero-order chi connectivity index (χ0) is 23.1. The van der Waals surface area contributed by atoms with Gasteiger partial charge in [0.05, 0.1) is 18.1 Å². The Morgan fingerprint density at radius 3 is 2.34 bits per heavy atom. The third kappa shape index (κ3) is 5.70. The van der Waals surface area contributed by atoms with Gasteiger partial charge in [0.15, 0.2) is 11.5 Å². The Bertz CT molecular complexity index is 1030. The maximum Gasteiger partial charge on any atom is 0.294 e. The molecule has 1 heterocycles. The molecular weight excluding hydrogens is 428 g/mol. The summed E-state index contributed by atoms with van der Waals surface area (Å²) < 4.78 is 11.2. The predicted octanol–water partition coefficient (Wildman–Crippen LogP) is 4.72. The molecule has 0 bridgehead atoms. The first-order valence-corrected chi connectivity index (χ1v) is 11.3. The fourth-order valence-corrected chi connectivity index (χ4v) is 3.95. The van der Waals surface area contributed by atoms with Crippen LogP contribution in [0.1, 0.15) is 31.9 Å². The summed E-state index contributed by atoms with van der Waals surface area (Å²) in [7, 11) is 0. The Kier molecular flexibility index (Phi) is 7.94. The van der Waals surface area contributed by atoms with Gasteiger partial charge < -0.3 is 14.8 Å². The number of hydrogen-bond acceptors (Lipinski definition) is 6. The van der Waals surface area contributed by atoms with Crippen molar-refractivity contribution in [2.75, 3.05) is 25.1 Å². The van der Waals surface area contributed by atoms with Gasteiger partial charge in [0.25, 0.3) is 11.1 Å². The second kappa shape index (κ2) is 10.9. The highest BCUT2D eigenvalue weighted by Crippen LogP contribution is 2.34. The summed E-state index contributed by atoms with van der Waals surface area (Å²) in [6.07, 6.45) is 2.52. The molecule has 0 unspecified atom stereocenters. The number of ether oxygens (including phenoxy) is 2. The van der Waals surface area contributed by atoms with E-state index in [2.05, 4.69) is 5.32 Å². The maximum atomic E-state index is 12.8. The van der Waals surface area contributed by atoms with Gasteiger partial charge in [0.1, 0.15) is 6.54 Å². The number of nitrogens with one attached hydrogen (secondary N) is 1. The van der Waals surface area contributed by atoms with Crippen LogP contribution in [-0.4, -0.2) is 41.7 Å². The minimum atomic E-state index is -0.497. The van der Waals surface area contributed by atoms with Crippen molar-refractivity contribution >= 4 is 40.6 Å². The van der Waals surface area contributed by atoms with Crippen LogP contribution in [0.2, 0.25) is 0 Å². The summed E-state index contributed by atoms with van der Waals surface area (Å²) >= 11 is 0.810. The third-order valence-corrected chi connectivity index (χ3v) is 5.59. The summed E-state index contributed by atoms with van der Waals surface area (Å²) in [6.45, 7) is 6.43. The highest BCUT2D eigenvalue weighted by atomic mass is 32.2. The number of aryl methyl sites for hydroxylation is 1. The molecule has 32 heavy (non-hydrogen) atoms. The van der Waals surface area contributed by atoms with Crippen LogP contribution < -0.4 is 14.8 Å². The Morgan fingerprint density at radius 1 is 1.00 bits per heavy atom. The molecule has 1 saturated heterocycles. The van der Waals surface area contributed by atoms with E-state index in [1.165, 1.54) is 0 Å². The molecule has 0 aromatic heterocycles. The van der Waals surface area contributed by atoms with Crippen LogP contribution in [0.4, 0.5) is 10.5 Å². The van der Waals surface area contributed by atoms with Crippen LogP contribution in [0.5, 0.6) is 11.5 Å². The predicted molar refractivity (Wildman–Crippen MR) is 126 cm³/mol. The molecule has 0 spiro atoms. The number of hydrogen-bond donors (Lipinski definition) is 1. The van der Waals surface area contributed by atoms with Crippen molar-refractivity contribution in [2.24, 2.45) is 0 Å². The zero-order valence-corrected chi connectivity index (χ0v) is 19.2. The van der Waals surface area contributed by atoms with E-state index in [9.17, 15) is 14.4 Å². The second-order valence-corrected chi connectivity index (χ2v) is 7.93. The lowest BCUT2D eigenvalue weighted by atomic mass is 10.1. The van der Waals surface area contributed by atoms with Crippen molar-refractivity contribution in [2.45, 2.75) is 27.2 Å². The van der Waals surface area contributed by atoms with Crippen LogP contribution in [0.25, 0.3) is 6.08 Å². The number of thioether (sulfide) groups is 1. The average molecular weight is 455 g/mol. The summed E-state index contributed by atoms with van der Waals surface area (Å²) in [5.41, 5.74) is 2.47. The van der Waals surface area contributed by atoms with E-state index < -0.39 is 17.1 Å². The van der Waals surface area contributed by atoms with Gasteiger partial charge in [-0.2, -0.15) is 0 Å². The molecule has 168 valence electrons. The molecule has 1 aliphatic rings. The van der Waals surface area contributed by atoms with Gasteiger partial charge in [0, 0.05) is 5.69 Å². The van der Waals surface area contributed by atoms with Gasteiger partial charge in [-0.25, -0.2) is 0 Å². The number of benzene rings is 2. The van der Waals surface area contributed by atoms with Gasteiger partial charge in [-0.15, -0.1) is 0 Å². The highest BCUT2D eigenvalue weighted by Gasteiger charge is 2.36. The Balaban J connectivity index is 1.70. The van der Waals surface area contributed by atoms with Crippen LogP contribution in [0, 0.1) is 0 Å². The topological polar surface area (TPSA) is 84.9 Å². The Hall–Kier alpha value is -3.26. The SMILES string of the molecule is CCOc1ccc(/C=C2/SC(=O)N(CC(=O)Nc3ccc(CC)cc3)C2=O)cc1OCC. The molecule has 7 nitrogen and oxygen atoms in total. The smallest absolute Gasteiger partial charge is 0.294 e. The van der Waals surface area contributed by atoms with Crippen molar-refractivity contribution in [3.63, 3.8) is 0 Å². The lowest BCUT2D eigenvalue weighted by Gasteiger charge is -2.13. The van der Waals surface area contributed by atoms with E-state index in [4.69, 9.17) is 9.47 Å². The average Bonchev–Trinajstić information content (AvgIpc) is 3.03. The second-order valence-electron chi connectivity index (χ2n) is 6.94. The van der Waals surface area contributed by atoms with Crippen LogP contribution >= 0.6 is 11.8 Å². The largest absolute Gasteiger partial charge is 0.490 e. The number of rotatable bonds is 9. The molecule has 0 aliphatic carbocycles. The van der Waals surface area contributed by atoms with Crippen molar-refractivity contribution in [3.8, 4) is 11.5 Å². The van der Waals surface area contributed by atoms with E-state index in [0.717, 1.165) is 28.6 Å². The minimum absolute atomic E-state index is 0.252. The molecule has 2 aromatic carbocycles. The van der Waals surface area contributed by atoms with E-state index in [-0.39, 0.29) is 11.4 Å². The first-order chi connectivity index (χ1) is 15.4. The van der Waals surface area contributed by atoms with Crippen molar-refractivity contribution in [3.05, 3.63) is 58.5 Å². The standard InChI is InChI=1S/C24H26N2O5S/c1-4-16-7-10-18(11-8-16)25-22(27)15-26-23(28)21(32-24(26)29)14-17-9-12-19(30-5-2)20(13-17)31-6-3/h7-14H,4-6,15H2,1-3H3,(H,25,27)/b21-14+. The third-order valence-electron chi connectivity index (χ3n) is 4.69.